The maximum absolute atomic E-state index is 12.1. The van der Waals surface area contributed by atoms with Gasteiger partial charge >= 0.3 is 0 Å². The Morgan fingerprint density at radius 1 is 1.67 bits per heavy atom. The molecule has 18 heavy (non-hydrogen) atoms. The zero-order valence-corrected chi connectivity index (χ0v) is 11.1. The Balaban J connectivity index is 2.79. The molecule has 0 radical (unpaired) electrons. The lowest BCUT2D eigenvalue weighted by Gasteiger charge is -2.14. The van der Waals surface area contributed by atoms with E-state index in [1.807, 2.05) is 6.92 Å². The van der Waals surface area contributed by atoms with Gasteiger partial charge in [0.15, 0.2) is 5.03 Å². The molecule has 0 aromatic carbocycles. The summed E-state index contributed by atoms with van der Waals surface area (Å²) in [6, 6.07) is 0. The molecule has 1 aromatic rings. The third-order valence-electron chi connectivity index (χ3n) is 2.46. The zero-order valence-electron chi connectivity index (χ0n) is 10.3. The molecule has 1 rings (SSSR count). The van der Waals surface area contributed by atoms with Crippen molar-refractivity contribution in [3.05, 3.63) is 12.5 Å². The van der Waals surface area contributed by atoms with Crippen LogP contribution < -0.4 is 5.73 Å². The number of hydrogen-bond acceptors (Lipinski definition) is 5. The summed E-state index contributed by atoms with van der Waals surface area (Å²) >= 11 is 0. The molecule has 0 aliphatic heterocycles. The first-order valence-corrected chi connectivity index (χ1v) is 6.80. The van der Waals surface area contributed by atoms with Crippen LogP contribution in [0, 0.1) is 0 Å². The second-order valence-electron chi connectivity index (χ2n) is 3.71. The number of rotatable bonds is 6. The number of amidine groups is 1. The van der Waals surface area contributed by atoms with Crippen LogP contribution in [0.15, 0.2) is 22.7 Å². The molecular formula is C9H17N5O3S. The molecule has 0 saturated carbocycles. The average molecular weight is 275 g/mol. The summed E-state index contributed by atoms with van der Waals surface area (Å²) < 4.78 is 26.9. The van der Waals surface area contributed by atoms with Gasteiger partial charge in [0.1, 0.15) is 5.84 Å². The summed E-state index contributed by atoms with van der Waals surface area (Å²) in [4.78, 5) is 3.85. The van der Waals surface area contributed by atoms with Crippen LogP contribution in [0.1, 0.15) is 13.3 Å². The van der Waals surface area contributed by atoms with Gasteiger partial charge in [0.2, 0.25) is 0 Å². The molecule has 0 atom stereocenters. The van der Waals surface area contributed by atoms with Crippen molar-refractivity contribution < 1.29 is 13.6 Å². The van der Waals surface area contributed by atoms with E-state index >= 15 is 0 Å². The summed E-state index contributed by atoms with van der Waals surface area (Å²) in [6.07, 6.45) is 3.08. The highest BCUT2D eigenvalue weighted by molar-refractivity contribution is 7.89. The Morgan fingerprint density at radius 2 is 2.33 bits per heavy atom. The molecule has 8 nitrogen and oxygen atoms in total. The number of nitrogens with two attached hydrogens (primary N) is 1. The van der Waals surface area contributed by atoms with E-state index in [9.17, 15) is 8.42 Å². The van der Waals surface area contributed by atoms with Gasteiger partial charge in [0.05, 0.1) is 6.33 Å². The van der Waals surface area contributed by atoms with Gasteiger partial charge in [0, 0.05) is 32.8 Å². The Kier molecular flexibility index (Phi) is 4.68. The molecular weight excluding hydrogens is 258 g/mol. The molecule has 0 aliphatic carbocycles. The van der Waals surface area contributed by atoms with E-state index in [0.717, 1.165) is 4.31 Å². The second-order valence-corrected chi connectivity index (χ2v) is 5.70. The molecule has 9 heteroatoms. The van der Waals surface area contributed by atoms with Crippen molar-refractivity contribution in [1.29, 1.82) is 0 Å². The molecule has 0 bridgehead atoms. The zero-order chi connectivity index (χ0) is 13.8. The number of aryl methyl sites for hydroxylation is 1. The molecule has 0 saturated heterocycles. The van der Waals surface area contributed by atoms with Crippen LogP contribution in [0.4, 0.5) is 0 Å². The van der Waals surface area contributed by atoms with Crippen molar-refractivity contribution in [3.63, 3.8) is 0 Å². The molecule has 1 aromatic heterocycles. The molecule has 0 unspecified atom stereocenters. The minimum Gasteiger partial charge on any atom is -0.409 e. The predicted octanol–water partition coefficient (Wildman–Crippen LogP) is -0.340. The van der Waals surface area contributed by atoms with Crippen LogP contribution in [0.3, 0.4) is 0 Å². The van der Waals surface area contributed by atoms with Crippen molar-refractivity contribution in [2.24, 2.45) is 10.9 Å². The smallest absolute Gasteiger partial charge is 0.261 e. The van der Waals surface area contributed by atoms with E-state index in [-0.39, 0.29) is 23.8 Å². The van der Waals surface area contributed by atoms with Gasteiger partial charge < -0.3 is 15.5 Å². The van der Waals surface area contributed by atoms with Gasteiger partial charge in [-0.25, -0.2) is 13.4 Å². The molecule has 3 N–H and O–H groups in total. The van der Waals surface area contributed by atoms with E-state index in [1.165, 1.54) is 19.6 Å². The van der Waals surface area contributed by atoms with Crippen molar-refractivity contribution in [2.75, 3.05) is 13.6 Å². The summed E-state index contributed by atoms with van der Waals surface area (Å²) in [7, 11) is -2.20. The fraction of sp³-hybridized carbons (Fsp3) is 0.556. The Hall–Kier alpha value is -1.61. The van der Waals surface area contributed by atoms with Gasteiger partial charge in [-0.2, -0.15) is 4.31 Å². The highest BCUT2D eigenvalue weighted by Crippen LogP contribution is 2.11. The van der Waals surface area contributed by atoms with E-state index in [2.05, 4.69) is 10.1 Å². The normalized spacial score (nSPS) is 13.2. The van der Waals surface area contributed by atoms with Crippen LogP contribution in [0.25, 0.3) is 0 Å². The Bertz CT molecular complexity index is 522. The average Bonchev–Trinajstić information content (AvgIpc) is 2.84. The monoisotopic (exact) mass is 275 g/mol. The third-order valence-corrected chi connectivity index (χ3v) is 4.20. The van der Waals surface area contributed by atoms with Crippen LogP contribution >= 0.6 is 0 Å². The Morgan fingerprint density at radius 3 is 2.83 bits per heavy atom. The molecule has 0 spiro atoms. The van der Waals surface area contributed by atoms with Crippen LogP contribution in [0.5, 0.6) is 0 Å². The molecule has 0 fully saturated rings. The van der Waals surface area contributed by atoms with E-state index in [1.54, 1.807) is 4.57 Å². The first-order chi connectivity index (χ1) is 8.41. The predicted molar refractivity (Wildman–Crippen MR) is 65.7 cm³/mol. The van der Waals surface area contributed by atoms with Crippen molar-refractivity contribution in [3.8, 4) is 0 Å². The highest BCUT2D eigenvalue weighted by atomic mass is 32.2. The fourth-order valence-corrected chi connectivity index (χ4v) is 2.35. The first-order valence-electron chi connectivity index (χ1n) is 5.36. The highest BCUT2D eigenvalue weighted by Gasteiger charge is 2.23. The fourth-order valence-electron chi connectivity index (χ4n) is 1.25. The second kappa shape index (κ2) is 5.83. The van der Waals surface area contributed by atoms with Gasteiger partial charge in [-0.3, -0.25) is 0 Å². The Labute approximate surface area is 106 Å². The summed E-state index contributed by atoms with van der Waals surface area (Å²) in [6.45, 7) is 2.66. The standard InChI is InChI=1S/C9H17N5O3S/c1-3-14-6-9(11-7-14)18(16,17)13(2)5-4-8(10)12-15/h6-7,15H,3-5H2,1-2H3,(H2,10,12). The molecule has 102 valence electrons. The maximum atomic E-state index is 12.1. The van der Waals surface area contributed by atoms with Crippen LogP contribution in [-0.2, 0) is 16.6 Å². The number of aromatic nitrogens is 2. The molecule has 0 amide bonds. The van der Waals surface area contributed by atoms with E-state index in [0.29, 0.717) is 6.54 Å². The SMILES string of the molecule is CCn1cnc(S(=O)(=O)N(C)CCC(N)=NO)c1. The lowest BCUT2D eigenvalue weighted by molar-refractivity contribution is 0.316. The number of hydrogen-bond donors (Lipinski definition) is 2. The van der Waals surface area contributed by atoms with Crippen LogP contribution in [0.2, 0.25) is 0 Å². The minimum absolute atomic E-state index is 0.00800. The third kappa shape index (κ3) is 3.20. The maximum Gasteiger partial charge on any atom is 0.261 e. The van der Waals surface area contributed by atoms with Crippen molar-refractivity contribution >= 4 is 15.9 Å². The summed E-state index contributed by atoms with van der Waals surface area (Å²) in [5, 5.41) is 11.2. The largest absolute Gasteiger partial charge is 0.409 e. The topological polar surface area (TPSA) is 114 Å². The number of nitrogens with zero attached hydrogens (tertiary/aromatic N) is 4. The minimum atomic E-state index is -3.62. The lowest BCUT2D eigenvalue weighted by atomic mass is 10.4. The van der Waals surface area contributed by atoms with Crippen molar-refractivity contribution in [2.45, 2.75) is 24.9 Å². The van der Waals surface area contributed by atoms with Gasteiger partial charge in [0.25, 0.3) is 10.0 Å². The van der Waals surface area contributed by atoms with Crippen LogP contribution in [-0.4, -0.2) is 46.9 Å². The summed E-state index contributed by atoms with van der Waals surface area (Å²) in [5.41, 5.74) is 5.29. The quantitative estimate of drug-likeness (QED) is 0.319. The van der Waals surface area contributed by atoms with Gasteiger partial charge in [-0.15, -0.1) is 0 Å². The molecule has 0 aliphatic rings. The number of sulfonamides is 1. The van der Waals surface area contributed by atoms with E-state index < -0.39 is 10.0 Å². The number of oxime groups is 1. The van der Waals surface area contributed by atoms with E-state index in [4.69, 9.17) is 10.9 Å². The first kappa shape index (κ1) is 14.5. The molecule has 1 heterocycles. The number of imidazole rings is 1. The van der Waals surface area contributed by atoms with Crippen molar-refractivity contribution in [1.82, 2.24) is 13.9 Å². The lowest BCUT2D eigenvalue weighted by Crippen LogP contribution is -2.30. The van der Waals surface area contributed by atoms with Gasteiger partial charge in [-0.05, 0) is 6.92 Å². The summed E-state index contributed by atoms with van der Waals surface area (Å²) in [5.74, 6) is -0.0175. The van der Waals surface area contributed by atoms with Gasteiger partial charge in [-0.1, -0.05) is 5.16 Å².